The minimum atomic E-state index is -0.813. The number of fused-ring (bicyclic) bond motifs is 1. The number of amides is 1. The van der Waals surface area contributed by atoms with E-state index in [0.29, 0.717) is 29.2 Å². The van der Waals surface area contributed by atoms with Crippen LogP contribution in [0.1, 0.15) is 37.9 Å². The molecule has 1 aliphatic heterocycles. The first-order valence-electron chi connectivity index (χ1n) is 12.1. The zero-order chi connectivity index (χ0) is 25.8. The Labute approximate surface area is 210 Å². The van der Waals surface area contributed by atoms with Crippen molar-refractivity contribution in [2.75, 3.05) is 26.9 Å². The molecule has 1 amide bonds. The molecule has 1 unspecified atom stereocenters. The Bertz CT molecular complexity index is 1310. The van der Waals surface area contributed by atoms with Crippen molar-refractivity contribution in [2.24, 2.45) is 0 Å². The highest BCUT2D eigenvalue weighted by Gasteiger charge is 2.46. The molecule has 0 saturated carbocycles. The van der Waals surface area contributed by atoms with Gasteiger partial charge in [0.15, 0.2) is 11.5 Å². The fourth-order valence-corrected chi connectivity index (χ4v) is 4.54. The molecule has 7 nitrogen and oxygen atoms in total. The van der Waals surface area contributed by atoms with Gasteiger partial charge in [0.2, 0.25) is 0 Å². The molecule has 1 atom stereocenters. The maximum Gasteiger partial charge on any atom is 0.295 e. The number of hydrogen-bond donors (Lipinski definition) is 1. The number of methoxy groups -OCH3 is 1. The van der Waals surface area contributed by atoms with E-state index in [4.69, 9.17) is 14.2 Å². The van der Waals surface area contributed by atoms with Crippen LogP contribution in [-0.4, -0.2) is 54.7 Å². The first-order valence-corrected chi connectivity index (χ1v) is 12.1. The second-order valence-electron chi connectivity index (χ2n) is 8.82. The van der Waals surface area contributed by atoms with Crippen LogP contribution >= 0.6 is 0 Å². The van der Waals surface area contributed by atoms with Crippen molar-refractivity contribution in [2.45, 2.75) is 32.9 Å². The van der Waals surface area contributed by atoms with Crippen LogP contribution in [0.15, 0.2) is 66.2 Å². The van der Waals surface area contributed by atoms with Gasteiger partial charge in [-0.05, 0) is 49.2 Å². The monoisotopic (exact) mass is 489 g/mol. The first-order chi connectivity index (χ1) is 17.4. The van der Waals surface area contributed by atoms with Gasteiger partial charge >= 0.3 is 0 Å². The van der Waals surface area contributed by atoms with Gasteiger partial charge in [-0.1, -0.05) is 48.5 Å². The number of Topliss-reactive ketones (excluding diaryl/α,β-unsaturated/α-hetero) is 1. The number of hydrogen-bond acceptors (Lipinski definition) is 6. The van der Waals surface area contributed by atoms with Gasteiger partial charge in [-0.15, -0.1) is 0 Å². The van der Waals surface area contributed by atoms with Crippen LogP contribution in [0.3, 0.4) is 0 Å². The van der Waals surface area contributed by atoms with Crippen LogP contribution < -0.4 is 9.47 Å². The molecule has 188 valence electrons. The molecule has 0 aliphatic carbocycles. The fraction of sp³-hybridized carbons (Fsp3) is 0.310. The Morgan fingerprint density at radius 1 is 1.03 bits per heavy atom. The van der Waals surface area contributed by atoms with E-state index in [1.54, 1.807) is 24.3 Å². The number of aliphatic hydroxyl groups is 1. The molecule has 7 heteroatoms. The summed E-state index contributed by atoms with van der Waals surface area (Å²) in [6, 6.07) is 17.6. The van der Waals surface area contributed by atoms with Crippen LogP contribution in [0.4, 0.5) is 0 Å². The van der Waals surface area contributed by atoms with Crippen molar-refractivity contribution >= 4 is 28.2 Å². The number of ketones is 1. The molecule has 0 aromatic heterocycles. The predicted molar refractivity (Wildman–Crippen MR) is 138 cm³/mol. The standard InChI is InChI=1S/C29H31NO6/c1-5-35-24-17-20(13-14-23(24)36-18(2)3)26-25(28(32)29(33)30(26)15-16-34-4)27(31)22-12-8-10-19-9-6-7-11-21(19)22/h6-14,17-18,26,31H,5,15-16H2,1-4H3/b27-25+. The minimum absolute atomic E-state index is 0.0347. The largest absolute Gasteiger partial charge is 0.507 e. The lowest BCUT2D eigenvalue weighted by atomic mass is 9.93. The quantitative estimate of drug-likeness (QED) is 0.256. The third-order valence-corrected chi connectivity index (χ3v) is 6.07. The lowest BCUT2D eigenvalue weighted by Crippen LogP contribution is -2.32. The van der Waals surface area contributed by atoms with Gasteiger partial charge in [0.05, 0.1) is 30.9 Å². The van der Waals surface area contributed by atoms with Crippen molar-refractivity contribution < 1.29 is 28.9 Å². The summed E-state index contributed by atoms with van der Waals surface area (Å²) in [5, 5.41) is 13.2. The summed E-state index contributed by atoms with van der Waals surface area (Å²) in [5.41, 5.74) is 1.16. The molecule has 1 saturated heterocycles. The Morgan fingerprint density at radius 3 is 2.50 bits per heavy atom. The number of ether oxygens (including phenoxy) is 3. The molecule has 4 rings (SSSR count). The zero-order valence-electron chi connectivity index (χ0n) is 21.0. The Balaban J connectivity index is 1.91. The van der Waals surface area contributed by atoms with Gasteiger partial charge in [-0.3, -0.25) is 9.59 Å². The molecule has 3 aromatic rings. The lowest BCUT2D eigenvalue weighted by Gasteiger charge is -2.26. The zero-order valence-corrected chi connectivity index (χ0v) is 21.0. The summed E-state index contributed by atoms with van der Waals surface area (Å²) in [6.07, 6.45) is -0.0613. The van der Waals surface area contributed by atoms with Crippen LogP contribution in [0.25, 0.3) is 16.5 Å². The van der Waals surface area contributed by atoms with Gasteiger partial charge in [0.25, 0.3) is 11.7 Å². The highest BCUT2D eigenvalue weighted by molar-refractivity contribution is 6.46. The Kier molecular flexibility index (Phi) is 7.60. The minimum Gasteiger partial charge on any atom is -0.507 e. The van der Waals surface area contributed by atoms with E-state index in [9.17, 15) is 14.7 Å². The molecule has 1 heterocycles. The van der Waals surface area contributed by atoms with Crippen LogP contribution in [0, 0.1) is 0 Å². The number of nitrogens with zero attached hydrogens (tertiary/aromatic N) is 1. The Hall–Kier alpha value is -3.84. The van der Waals surface area contributed by atoms with Gasteiger partial charge in [-0.2, -0.15) is 0 Å². The van der Waals surface area contributed by atoms with Crippen molar-refractivity contribution in [3.05, 3.63) is 77.4 Å². The molecule has 1 aliphatic rings. The number of aliphatic hydroxyl groups excluding tert-OH is 1. The average Bonchev–Trinajstić information content (AvgIpc) is 3.12. The number of carbonyl (C=O) groups excluding carboxylic acids is 2. The highest BCUT2D eigenvalue weighted by atomic mass is 16.5. The molecule has 0 radical (unpaired) electrons. The maximum atomic E-state index is 13.3. The molecular weight excluding hydrogens is 458 g/mol. The fourth-order valence-electron chi connectivity index (χ4n) is 4.54. The van der Waals surface area contributed by atoms with Gasteiger partial charge in [-0.25, -0.2) is 0 Å². The number of carbonyl (C=O) groups is 2. The van der Waals surface area contributed by atoms with E-state index < -0.39 is 17.7 Å². The molecular formula is C29H31NO6. The maximum absolute atomic E-state index is 13.3. The SMILES string of the molecule is CCOc1cc(C2/C(=C(\O)c3cccc4ccccc34)C(=O)C(=O)N2CCOC)ccc1OC(C)C. The number of rotatable bonds is 9. The van der Waals surface area contributed by atoms with Crippen LogP contribution in [0.5, 0.6) is 11.5 Å². The van der Waals surface area contributed by atoms with E-state index in [1.807, 2.05) is 57.2 Å². The van der Waals surface area contributed by atoms with E-state index in [1.165, 1.54) is 12.0 Å². The van der Waals surface area contributed by atoms with Gasteiger partial charge in [0, 0.05) is 19.2 Å². The van der Waals surface area contributed by atoms with Crippen molar-refractivity contribution in [3.63, 3.8) is 0 Å². The highest BCUT2D eigenvalue weighted by Crippen LogP contribution is 2.42. The van der Waals surface area contributed by atoms with Crippen LogP contribution in [-0.2, 0) is 14.3 Å². The summed E-state index contributed by atoms with van der Waals surface area (Å²) in [5.74, 6) is -0.554. The summed E-state index contributed by atoms with van der Waals surface area (Å²) in [7, 11) is 1.53. The third kappa shape index (κ3) is 4.79. The normalized spacial score (nSPS) is 17.2. The number of likely N-dealkylation sites (tertiary alicyclic amines) is 1. The van der Waals surface area contributed by atoms with Crippen molar-refractivity contribution in [1.29, 1.82) is 0 Å². The second-order valence-corrected chi connectivity index (χ2v) is 8.82. The van der Waals surface area contributed by atoms with Crippen LogP contribution in [0.2, 0.25) is 0 Å². The summed E-state index contributed by atoms with van der Waals surface area (Å²) < 4.78 is 16.9. The Morgan fingerprint density at radius 2 is 1.78 bits per heavy atom. The van der Waals surface area contributed by atoms with E-state index in [-0.39, 0.29) is 30.6 Å². The lowest BCUT2D eigenvalue weighted by molar-refractivity contribution is -0.140. The molecule has 0 bridgehead atoms. The molecule has 36 heavy (non-hydrogen) atoms. The van der Waals surface area contributed by atoms with E-state index in [2.05, 4.69) is 0 Å². The van der Waals surface area contributed by atoms with E-state index >= 15 is 0 Å². The summed E-state index contributed by atoms with van der Waals surface area (Å²) in [6.45, 7) is 6.56. The van der Waals surface area contributed by atoms with Gasteiger partial charge < -0.3 is 24.2 Å². The van der Waals surface area contributed by atoms with Crippen molar-refractivity contribution in [1.82, 2.24) is 4.90 Å². The third-order valence-electron chi connectivity index (χ3n) is 6.07. The van der Waals surface area contributed by atoms with E-state index in [0.717, 1.165) is 10.8 Å². The van der Waals surface area contributed by atoms with Crippen molar-refractivity contribution in [3.8, 4) is 11.5 Å². The smallest absolute Gasteiger partial charge is 0.295 e. The molecule has 3 aromatic carbocycles. The second kappa shape index (κ2) is 10.8. The molecule has 1 fully saturated rings. The molecule has 0 spiro atoms. The summed E-state index contributed by atoms with van der Waals surface area (Å²) in [4.78, 5) is 27.9. The predicted octanol–water partition coefficient (Wildman–Crippen LogP) is 5.09. The average molecular weight is 490 g/mol. The summed E-state index contributed by atoms with van der Waals surface area (Å²) >= 11 is 0. The van der Waals surface area contributed by atoms with Gasteiger partial charge in [0.1, 0.15) is 5.76 Å². The molecule has 1 N–H and O–H groups in total. The number of benzene rings is 3. The topological polar surface area (TPSA) is 85.3 Å². The first kappa shape index (κ1) is 25.3.